The lowest BCUT2D eigenvalue weighted by atomic mass is 10.2. The van der Waals surface area contributed by atoms with E-state index in [9.17, 15) is 9.90 Å². The Morgan fingerprint density at radius 3 is 2.83 bits per heavy atom. The molecule has 94 valence electrons. The summed E-state index contributed by atoms with van der Waals surface area (Å²) in [5.41, 5.74) is 1.01. The van der Waals surface area contributed by atoms with E-state index in [0.717, 1.165) is 0 Å². The Balaban J connectivity index is 1.95. The summed E-state index contributed by atoms with van der Waals surface area (Å²) in [5.74, 6) is -0.317. The van der Waals surface area contributed by atoms with Crippen LogP contribution in [0.1, 0.15) is 22.0 Å². The van der Waals surface area contributed by atoms with Gasteiger partial charge < -0.3 is 14.8 Å². The topological polar surface area (TPSA) is 62.5 Å². The van der Waals surface area contributed by atoms with E-state index in [4.69, 9.17) is 16.0 Å². The van der Waals surface area contributed by atoms with Crippen molar-refractivity contribution < 1.29 is 14.3 Å². The van der Waals surface area contributed by atoms with Crippen LogP contribution < -0.4 is 5.32 Å². The number of amides is 1. The Bertz CT molecular complexity index is 525. The predicted molar refractivity (Wildman–Crippen MR) is 67.5 cm³/mol. The van der Waals surface area contributed by atoms with Crippen molar-refractivity contribution in [1.82, 2.24) is 5.32 Å². The summed E-state index contributed by atoms with van der Waals surface area (Å²) in [6.07, 6.45) is 2.11. The van der Waals surface area contributed by atoms with Crippen molar-refractivity contribution in [2.45, 2.75) is 6.10 Å². The van der Waals surface area contributed by atoms with Gasteiger partial charge in [0.1, 0.15) is 0 Å². The Morgan fingerprint density at radius 1 is 1.39 bits per heavy atom. The molecule has 1 aromatic carbocycles. The van der Waals surface area contributed by atoms with Crippen molar-refractivity contribution in [1.29, 1.82) is 0 Å². The summed E-state index contributed by atoms with van der Waals surface area (Å²) in [5, 5.41) is 12.8. The molecule has 0 aliphatic carbocycles. The van der Waals surface area contributed by atoms with Crippen LogP contribution in [0.4, 0.5) is 0 Å². The fraction of sp³-hybridized carbons (Fsp3) is 0.154. The first-order chi connectivity index (χ1) is 8.68. The normalized spacial score (nSPS) is 12.1. The van der Waals surface area contributed by atoms with Gasteiger partial charge in [-0.2, -0.15) is 0 Å². The van der Waals surface area contributed by atoms with Gasteiger partial charge in [0.05, 0.1) is 29.2 Å². The van der Waals surface area contributed by atoms with Crippen LogP contribution in [0.15, 0.2) is 47.3 Å². The molecule has 2 aromatic rings. The van der Waals surface area contributed by atoms with Gasteiger partial charge in [-0.1, -0.05) is 23.7 Å². The zero-order valence-corrected chi connectivity index (χ0v) is 10.2. The van der Waals surface area contributed by atoms with Gasteiger partial charge in [-0.05, 0) is 18.2 Å². The van der Waals surface area contributed by atoms with Crippen LogP contribution in [0, 0.1) is 0 Å². The molecule has 0 radical (unpaired) electrons. The van der Waals surface area contributed by atoms with Crippen LogP contribution in [0.5, 0.6) is 0 Å². The lowest BCUT2D eigenvalue weighted by Crippen LogP contribution is -2.28. The maximum absolute atomic E-state index is 11.8. The first-order valence-corrected chi connectivity index (χ1v) is 5.79. The van der Waals surface area contributed by atoms with Crippen LogP contribution in [-0.2, 0) is 0 Å². The van der Waals surface area contributed by atoms with Gasteiger partial charge >= 0.3 is 0 Å². The van der Waals surface area contributed by atoms with Crippen LogP contribution in [0.25, 0.3) is 0 Å². The number of rotatable bonds is 4. The number of halogens is 1. The average molecular weight is 266 g/mol. The summed E-state index contributed by atoms with van der Waals surface area (Å²) in [6.45, 7) is 0.101. The number of carbonyl (C=O) groups is 1. The summed E-state index contributed by atoms with van der Waals surface area (Å²) in [4.78, 5) is 11.8. The molecule has 0 unspecified atom stereocenters. The van der Waals surface area contributed by atoms with Gasteiger partial charge in [0.25, 0.3) is 5.91 Å². The fourth-order valence-corrected chi connectivity index (χ4v) is 1.73. The number of furan rings is 1. The molecule has 0 aliphatic rings. The average Bonchev–Trinajstić information content (AvgIpc) is 2.90. The molecule has 0 fully saturated rings. The molecule has 4 nitrogen and oxygen atoms in total. The highest BCUT2D eigenvalue weighted by atomic mass is 35.5. The van der Waals surface area contributed by atoms with E-state index < -0.39 is 6.10 Å². The Morgan fingerprint density at radius 2 is 2.17 bits per heavy atom. The number of aliphatic hydroxyl groups excluding tert-OH is 1. The summed E-state index contributed by atoms with van der Waals surface area (Å²) in [6, 6.07) is 8.39. The second kappa shape index (κ2) is 5.71. The molecule has 0 saturated carbocycles. The highest BCUT2D eigenvalue weighted by Gasteiger charge is 2.13. The Labute approximate surface area is 109 Å². The molecule has 1 heterocycles. The molecule has 2 N–H and O–H groups in total. The van der Waals surface area contributed by atoms with Crippen LogP contribution >= 0.6 is 11.6 Å². The molecule has 2 rings (SSSR count). The Hall–Kier alpha value is -1.78. The smallest absolute Gasteiger partial charge is 0.252 e. The third-order valence-electron chi connectivity index (χ3n) is 2.50. The van der Waals surface area contributed by atoms with Gasteiger partial charge in [-0.3, -0.25) is 4.79 Å². The van der Waals surface area contributed by atoms with E-state index in [1.165, 1.54) is 12.5 Å². The zero-order chi connectivity index (χ0) is 13.0. The van der Waals surface area contributed by atoms with Gasteiger partial charge in [0.2, 0.25) is 0 Å². The maximum atomic E-state index is 11.8. The van der Waals surface area contributed by atoms with E-state index in [-0.39, 0.29) is 12.5 Å². The molecule has 1 atom stereocenters. The minimum absolute atomic E-state index is 0.101. The quantitative estimate of drug-likeness (QED) is 0.892. The summed E-state index contributed by atoms with van der Waals surface area (Å²) in [7, 11) is 0. The molecule has 5 heteroatoms. The standard InChI is InChI=1S/C13H12ClNO3/c14-11-4-2-1-3-10(11)13(17)15-7-12(16)9-5-6-18-8-9/h1-6,8,12,16H,7H2,(H,15,17)/t12-/m0/s1. The van der Waals surface area contributed by atoms with E-state index >= 15 is 0 Å². The maximum Gasteiger partial charge on any atom is 0.252 e. The molecule has 1 aromatic heterocycles. The predicted octanol–water partition coefficient (Wildman–Crippen LogP) is 2.40. The minimum atomic E-state index is -0.796. The highest BCUT2D eigenvalue weighted by Crippen LogP contribution is 2.15. The number of nitrogens with one attached hydrogen (secondary N) is 1. The molecule has 0 spiro atoms. The number of aliphatic hydroxyl groups is 1. The third-order valence-corrected chi connectivity index (χ3v) is 2.83. The monoisotopic (exact) mass is 265 g/mol. The molecular weight excluding hydrogens is 254 g/mol. The minimum Gasteiger partial charge on any atom is -0.472 e. The van der Waals surface area contributed by atoms with Crippen molar-refractivity contribution in [2.75, 3.05) is 6.54 Å². The zero-order valence-electron chi connectivity index (χ0n) is 9.47. The van der Waals surface area contributed by atoms with Crippen molar-refractivity contribution in [3.05, 3.63) is 59.0 Å². The van der Waals surface area contributed by atoms with Crippen molar-refractivity contribution >= 4 is 17.5 Å². The van der Waals surface area contributed by atoms with Gasteiger partial charge in [0.15, 0.2) is 0 Å². The number of hydrogen-bond acceptors (Lipinski definition) is 3. The van der Waals surface area contributed by atoms with Gasteiger partial charge in [-0.15, -0.1) is 0 Å². The van der Waals surface area contributed by atoms with Crippen LogP contribution in [0.3, 0.4) is 0 Å². The first-order valence-electron chi connectivity index (χ1n) is 5.41. The molecule has 0 saturated heterocycles. The lowest BCUT2D eigenvalue weighted by molar-refractivity contribution is 0.0916. The second-order valence-electron chi connectivity index (χ2n) is 3.76. The van der Waals surface area contributed by atoms with Gasteiger partial charge in [-0.25, -0.2) is 0 Å². The molecule has 18 heavy (non-hydrogen) atoms. The van der Waals surface area contributed by atoms with E-state index in [0.29, 0.717) is 16.1 Å². The molecular formula is C13H12ClNO3. The van der Waals surface area contributed by atoms with Gasteiger partial charge in [0, 0.05) is 12.1 Å². The van der Waals surface area contributed by atoms with E-state index in [2.05, 4.69) is 5.32 Å². The Kier molecular flexibility index (Phi) is 4.02. The first kappa shape index (κ1) is 12.7. The molecule has 0 bridgehead atoms. The lowest BCUT2D eigenvalue weighted by Gasteiger charge is -2.10. The third kappa shape index (κ3) is 2.91. The van der Waals surface area contributed by atoms with Crippen molar-refractivity contribution in [3.8, 4) is 0 Å². The summed E-state index contributed by atoms with van der Waals surface area (Å²) < 4.78 is 4.85. The van der Waals surface area contributed by atoms with Crippen LogP contribution in [-0.4, -0.2) is 17.6 Å². The van der Waals surface area contributed by atoms with Crippen molar-refractivity contribution in [3.63, 3.8) is 0 Å². The van der Waals surface area contributed by atoms with Crippen LogP contribution in [0.2, 0.25) is 5.02 Å². The molecule has 0 aliphatic heterocycles. The SMILES string of the molecule is O=C(NC[C@H](O)c1ccoc1)c1ccccc1Cl. The largest absolute Gasteiger partial charge is 0.472 e. The van der Waals surface area contributed by atoms with E-state index in [1.807, 2.05) is 0 Å². The number of benzene rings is 1. The van der Waals surface area contributed by atoms with Crippen molar-refractivity contribution in [2.24, 2.45) is 0 Å². The number of carbonyl (C=O) groups excluding carboxylic acids is 1. The highest BCUT2D eigenvalue weighted by molar-refractivity contribution is 6.33. The fourth-order valence-electron chi connectivity index (χ4n) is 1.51. The summed E-state index contributed by atoms with van der Waals surface area (Å²) >= 11 is 5.90. The van der Waals surface area contributed by atoms with E-state index in [1.54, 1.807) is 30.3 Å². The number of hydrogen-bond donors (Lipinski definition) is 2. The second-order valence-corrected chi connectivity index (χ2v) is 4.17. The molecule has 1 amide bonds.